The van der Waals surface area contributed by atoms with Crippen LogP contribution in [0.3, 0.4) is 0 Å². The van der Waals surface area contributed by atoms with E-state index in [-0.39, 0.29) is 11.8 Å². The van der Waals surface area contributed by atoms with Crippen LogP contribution in [0.25, 0.3) is 21.7 Å². The lowest BCUT2D eigenvalue weighted by atomic mass is 10.1. The van der Waals surface area contributed by atoms with E-state index < -0.39 is 10.8 Å². The van der Waals surface area contributed by atoms with E-state index in [0.717, 1.165) is 10.8 Å². The maximum Gasteiger partial charge on any atom is 0.222 e. The highest BCUT2D eigenvalue weighted by molar-refractivity contribution is 7.85. The second-order valence-corrected chi connectivity index (χ2v) is 6.84. The number of fused-ring (bicyclic) bond motifs is 2. The van der Waals surface area contributed by atoms with E-state index >= 15 is 0 Å². The van der Waals surface area contributed by atoms with Gasteiger partial charge in [-0.3, -0.25) is 0 Å². The third kappa shape index (κ3) is 2.37. The number of hydrogen-bond donors (Lipinski definition) is 2. The van der Waals surface area contributed by atoms with Gasteiger partial charge in [-0.2, -0.15) is 4.98 Å². The van der Waals surface area contributed by atoms with Crippen LogP contribution in [0.5, 0.6) is 0 Å². The molecule has 0 spiro atoms. The first-order chi connectivity index (χ1) is 11.6. The lowest BCUT2D eigenvalue weighted by molar-refractivity contribution is 0.684. The molecule has 1 heterocycles. The molecule has 24 heavy (non-hydrogen) atoms. The van der Waals surface area contributed by atoms with E-state index in [1.165, 1.54) is 0 Å². The Morgan fingerprint density at radius 2 is 1.62 bits per heavy atom. The molecule has 0 amide bonds. The van der Waals surface area contributed by atoms with E-state index in [2.05, 4.69) is 9.97 Å². The Labute approximate surface area is 140 Å². The van der Waals surface area contributed by atoms with E-state index in [4.69, 9.17) is 11.5 Å². The Balaban J connectivity index is 1.91. The smallest absolute Gasteiger partial charge is 0.222 e. The standard InChI is InChI=1S/C18H14N4OS/c19-17-16-14(21-18(20)22-17)6-3-7-15(16)24(23)13-9-8-11-4-1-2-5-12(11)10-13/h1-10H,(H4,19,20,21,22)/t24-/m0/s1. The SMILES string of the molecule is Nc1nc(N)c2c([S@@](=O)c3ccc4ccccc4c3)cccc2n1. The van der Waals surface area contributed by atoms with Crippen molar-refractivity contribution in [1.82, 2.24) is 9.97 Å². The third-order valence-electron chi connectivity index (χ3n) is 3.87. The quantitative estimate of drug-likeness (QED) is 0.587. The summed E-state index contributed by atoms with van der Waals surface area (Å²) in [6, 6.07) is 19.1. The van der Waals surface area contributed by atoms with Crippen molar-refractivity contribution in [2.75, 3.05) is 11.5 Å². The Morgan fingerprint density at radius 1 is 0.833 bits per heavy atom. The molecule has 1 atom stereocenters. The Hall–Kier alpha value is -2.99. The van der Waals surface area contributed by atoms with Gasteiger partial charge in [0, 0.05) is 4.90 Å². The number of nitrogens with zero attached hydrogens (tertiary/aromatic N) is 2. The summed E-state index contributed by atoms with van der Waals surface area (Å²) in [7, 11) is -1.40. The average Bonchev–Trinajstić information content (AvgIpc) is 2.60. The van der Waals surface area contributed by atoms with Crippen LogP contribution in [0.15, 0.2) is 70.5 Å². The lowest BCUT2D eigenvalue weighted by Crippen LogP contribution is -2.03. The second-order valence-electron chi connectivity index (χ2n) is 5.40. The summed E-state index contributed by atoms with van der Waals surface area (Å²) in [5.41, 5.74) is 12.2. The van der Waals surface area contributed by atoms with Gasteiger partial charge in [0.05, 0.1) is 26.6 Å². The predicted octanol–water partition coefficient (Wildman–Crippen LogP) is 3.11. The van der Waals surface area contributed by atoms with Crippen molar-refractivity contribution in [2.24, 2.45) is 0 Å². The fourth-order valence-corrected chi connectivity index (χ4v) is 4.04. The van der Waals surface area contributed by atoms with Crippen molar-refractivity contribution >= 4 is 44.2 Å². The summed E-state index contributed by atoms with van der Waals surface area (Å²) < 4.78 is 13.1. The van der Waals surface area contributed by atoms with Crippen LogP contribution >= 0.6 is 0 Å². The molecule has 0 unspecified atom stereocenters. The summed E-state index contributed by atoms with van der Waals surface area (Å²) in [5, 5.41) is 2.72. The molecule has 4 aromatic rings. The molecule has 0 fully saturated rings. The number of aromatic nitrogens is 2. The number of anilines is 2. The van der Waals surface area contributed by atoms with Crippen LogP contribution in [-0.2, 0) is 10.8 Å². The van der Waals surface area contributed by atoms with Crippen molar-refractivity contribution in [3.63, 3.8) is 0 Å². The van der Waals surface area contributed by atoms with Crippen LogP contribution in [-0.4, -0.2) is 14.2 Å². The van der Waals surface area contributed by atoms with Crippen LogP contribution in [0, 0.1) is 0 Å². The van der Waals surface area contributed by atoms with Crippen LogP contribution in [0.1, 0.15) is 0 Å². The minimum atomic E-state index is -1.40. The van der Waals surface area contributed by atoms with E-state index in [1.807, 2.05) is 42.5 Å². The van der Waals surface area contributed by atoms with E-state index in [0.29, 0.717) is 20.7 Å². The maximum absolute atomic E-state index is 13.1. The van der Waals surface area contributed by atoms with Crippen LogP contribution in [0.4, 0.5) is 11.8 Å². The van der Waals surface area contributed by atoms with Crippen LogP contribution < -0.4 is 11.5 Å². The van der Waals surface area contributed by atoms with Crippen molar-refractivity contribution in [3.8, 4) is 0 Å². The fourth-order valence-electron chi connectivity index (χ4n) is 2.76. The Kier molecular flexibility index (Phi) is 3.39. The molecule has 0 saturated carbocycles. The monoisotopic (exact) mass is 334 g/mol. The summed E-state index contributed by atoms with van der Waals surface area (Å²) in [6.45, 7) is 0. The molecule has 4 rings (SSSR count). The van der Waals surface area contributed by atoms with Gasteiger partial charge >= 0.3 is 0 Å². The molecule has 0 aliphatic carbocycles. The van der Waals surface area contributed by atoms with Gasteiger partial charge in [0.2, 0.25) is 5.95 Å². The van der Waals surface area contributed by atoms with Gasteiger partial charge in [0.15, 0.2) is 0 Å². The molecular formula is C18H14N4OS. The zero-order valence-electron chi connectivity index (χ0n) is 12.6. The number of nitrogen functional groups attached to an aromatic ring is 2. The maximum atomic E-state index is 13.1. The average molecular weight is 334 g/mol. The van der Waals surface area contributed by atoms with Gasteiger partial charge in [-0.25, -0.2) is 9.19 Å². The minimum Gasteiger partial charge on any atom is -0.383 e. The topological polar surface area (TPSA) is 94.9 Å². The Bertz CT molecular complexity index is 1110. The molecular weight excluding hydrogens is 320 g/mol. The third-order valence-corrected chi connectivity index (χ3v) is 5.29. The number of rotatable bonds is 2. The number of benzene rings is 3. The summed E-state index contributed by atoms with van der Waals surface area (Å²) in [6.07, 6.45) is 0. The number of nitrogens with two attached hydrogens (primary N) is 2. The van der Waals surface area contributed by atoms with Gasteiger partial charge in [0.1, 0.15) is 5.82 Å². The highest BCUT2D eigenvalue weighted by Crippen LogP contribution is 2.29. The molecule has 6 heteroatoms. The number of hydrogen-bond acceptors (Lipinski definition) is 5. The lowest BCUT2D eigenvalue weighted by Gasteiger charge is -2.09. The molecule has 0 aliphatic rings. The molecule has 0 saturated heterocycles. The summed E-state index contributed by atoms with van der Waals surface area (Å²) in [4.78, 5) is 9.46. The molecule has 0 aliphatic heterocycles. The summed E-state index contributed by atoms with van der Waals surface area (Å²) >= 11 is 0. The molecule has 0 radical (unpaired) electrons. The first-order valence-corrected chi connectivity index (χ1v) is 8.51. The van der Waals surface area contributed by atoms with Gasteiger partial charge in [-0.15, -0.1) is 0 Å². The van der Waals surface area contributed by atoms with Gasteiger partial charge in [0.25, 0.3) is 0 Å². The molecule has 4 N–H and O–H groups in total. The molecule has 5 nitrogen and oxygen atoms in total. The van der Waals surface area contributed by atoms with Crippen molar-refractivity contribution in [2.45, 2.75) is 9.79 Å². The van der Waals surface area contributed by atoms with Gasteiger partial charge in [-0.05, 0) is 35.0 Å². The van der Waals surface area contributed by atoms with Gasteiger partial charge < -0.3 is 11.5 Å². The molecule has 118 valence electrons. The predicted molar refractivity (Wildman–Crippen MR) is 97.0 cm³/mol. The van der Waals surface area contributed by atoms with Gasteiger partial charge in [-0.1, -0.05) is 36.4 Å². The molecule has 1 aromatic heterocycles. The zero-order chi connectivity index (χ0) is 16.7. The second kappa shape index (κ2) is 5.58. The van der Waals surface area contributed by atoms with E-state index in [1.54, 1.807) is 18.2 Å². The minimum absolute atomic E-state index is 0.105. The Morgan fingerprint density at radius 3 is 2.46 bits per heavy atom. The first kappa shape index (κ1) is 14.6. The highest BCUT2D eigenvalue weighted by Gasteiger charge is 2.15. The normalized spacial score (nSPS) is 12.5. The highest BCUT2D eigenvalue weighted by atomic mass is 32.2. The molecule has 0 bridgehead atoms. The van der Waals surface area contributed by atoms with Crippen molar-refractivity contribution in [1.29, 1.82) is 0 Å². The van der Waals surface area contributed by atoms with Crippen molar-refractivity contribution in [3.05, 3.63) is 60.7 Å². The van der Waals surface area contributed by atoms with E-state index in [9.17, 15) is 4.21 Å². The molecule has 3 aromatic carbocycles. The zero-order valence-corrected chi connectivity index (χ0v) is 13.5. The summed E-state index contributed by atoms with van der Waals surface area (Å²) in [5.74, 6) is 0.343. The van der Waals surface area contributed by atoms with Crippen LogP contribution in [0.2, 0.25) is 0 Å². The largest absolute Gasteiger partial charge is 0.383 e. The van der Waals surface area contributed by atoms with Crippen molar-refractivity contribution < 1.29 is 4.21 Å². The first-order valence-electron chi connectivity index (χ1n) is 7.36. The fraction of sp³-hybridized carbons (Fsp3) is 0.